The van der Waals surface area contributed by atoms with E-state index in [0.717, 1.165) is 4.80 Å². The molecule has 1 N–H and O–H groups in total. The molecule has 1 aromatic heterocycles. The Hall–Kier alpha value is -4.51. The van der Waals surface area contributed by atoms with E-state index in [9.17, 15) is 14.0 Å². The fourth-order valence-corrected chi connectivity index (χ4v) is 4.50. The Labute approximate surface area is 248 Å². The Morgan fingerprint density at radius 3 is 2.36 bits per heavy atom. The van der Waals surface area contributed by atoms with Crippen molar-refractivity contribution in [2.45, 2.75) is 45.4 Å². The van der Waals surface area contributed by atoms with E-state index >= 15 is 0 Å². The van der Waals surface area contributed by atoms with Crippen molar-refractivity contribution in [3.63, 3.8) is 0 Å². The molecular weight excluding hydrogens is 563 g/mol. The molecule has 10 nitrogen and oxygen atoms in total. The summed E-state index contributed by atoms with van der Waals surface area (Å²) in [7, 11) is 3.05. The monoisotopic (exact) mass is 594 g/mol. The molecule has 0 bridgehead atoms. The molecule has 0 radical (unpaired) electrons. The van der Waals surface area contributed by atoms with E-state index in [1.165, 1.54) is 43.4 Å². The van der Waals surface area contributed by atoms with Crippen LogP contribution < -0.4 is 14.8 Å². The van der Waals surface area contributed by atoms with E-state index in [1.807, 2.05) is 20.8 Å². The summed E-state index contributed by atoms with van der Waals surface area (Å²) in [6, 6.07) is 16.6. The molecule has 4 aromatic rings. The summed E-state index contributed by atoms with van der Waals surface area (Å²) in [5, 5.41) is 15.9. The molecule has 42 heavy (non-hydrogen) atoms. The number of hydrogen-bond acceptors (Lipinski definition) is 7. The summed E-state index contributed by atoms with van der Waals surface area (Å²) in [6.45, 7) is 5.17. The first-order valence-corrected chi connectivity index (χ1v) is 13.5. The van der Waals surface area contributed by atoms with Gasteiger partial charge in [0, 0.05) is 22.7 Å². The maximum absolute atomic E-state index is 14.0. The van der Waals surface area contributed by atoms with Gasteiger partial charge in [0.2, 0.25) is 17.6 Å². The average Bonchev–Trinajstić information content (AvgIpc) is 3.41. The molecule has 3 aromatic carbocycles. The Bertz CT molecular complexity index is 1550. The van der Waals surface area contributed by atoms with Gasteiger partial charge in [0.25, 0.3) is 0 Å². The average molecular weight is 595 g/mol. The third-order valence-corrected chi connectivity index (χ3v) is 6.60. The number of rotatable bonds is 10. The van der Waals surface area contributed by atoms with Crippen LogP contribution in [0.3, 0.4) is 0 Å². The van der Waals surface area contributed by atoms with Crippen LogP contribution in [0.1, 0.15) is 37.9 Å². The van der Waals surface area contributed by atoms with Gasteiger partial charge in [-0.15, -0.1) is 10.2 Å². The minimum atomic E-state index is -1.11. The largest absolute Gasteiger partial charge is 0.493 e. The molecule has 0 spiro atoms. The zero-order valence-electron chi connectivity index (χ0n) is 24.0. The summed E-state index contributed by atoms with van der Waals surface area (Å²) in [5.74, 6) is -0.0921. The second-order valence-corrected chi connectivity index (χ2v) is 10.9. The van der Waals surface area contributed by atoms with Gasteiger partial charge in [-0.2, -0.15) is 4.80 Å². The third-order valence-electron chi connectivity index (χ3n) is 6.23. The maximum Gasteiger partial charge on any atom is 0.247 e. The van der Waals surface area contributed by atoms with Crippen molar-refractivity contribution in [2.75, 3.05) is 14.2 Å². The van der Waals surface area contributed by atoms with Gasteiger partial charge in [0.1, 0.15) is 18.4 Å². The summed E-state index contributed by atoms with van der Waals surface area (Å²) >= 11 is 6.46. The highest BCUT2D eigenvalue weighted by Crippen LogP contribution is 2.31. The van der Waals surface area contributed by atoms with E-state index in [1.54, 1.807) is 42.5 Å². The lowest BCUT2D eigenvalue weighted by atomic mass is 10.0. The molecule has 0 saturated heterocycles. The second-order valence-electron chi connectivity index (χ2n) is 10.5. The number of benzene rings is 3. The molecule has 0 fully saturated rings. The van der Waals surface area contributed by atoms with Crippen LogP contribution in [0.15, 0.2) is 66.7 Å². The van der Waals surface area contributed by atoms with Gasteiger partial charge in [0.15, 0.2) is 11.5 Å². The molecule has 1 heterocycles. The lowest BCUT2D eigenvalue weighted by Gasteiger charge is -2.34. The Morgan fingerprint density at radius 2 is 1.71 bits per heavy atom. The molecule has 2 amide bonds. The highest BCUT2D eigenvalue weighted by atomic mass is 35.5. The fourth-order valence-electron chi connectivity index (χ4n) is 4.30. The van der Waals surface area contributed by atoms with Crippen molar-refractivity contribution in [2.24, 2.45) is 0 Å². The van der Waals surface area contributed by atoms with E-state index < -0.39 is 29.2 Å². The maximum atomic E-state index is 14.0. The number of nitrogens with one attached hydrogen (secondary N) is 1. The number of tetrazole rings is 1. The minimum absolute atomic E-state index is 0.00462. The van der Waals surface area contributed by atoms with Gasteiger partial charge in [-0.1, -0.05) is 41.9 Å². The summed E-state index contributed by atoms with van der Waals surface area (Å²) in [5.41, 5.74) is 1.06. The highest BCUT2D eigenvalue weighted by Gasteiger charge is 2.34. The van der Waals surface area contributed by atoms with Crippen LogP contribution in [0.25, 0.3) is 11.4 Å². The Balaban J connectivity index is 1.70. The lowest BCUT2D eigenvalue weighted by molar-refractivity contribution is -0.143. The van der Waals surface area contributed by atoms with Gasteiger partial charge in [-0.05, 0) is 73.5 Å². The molecule has 12 heteroatoms. The van der Waals surface area contributed by atoms with Gasteiger partial charge in [-0.3, -0.25) is 9.59 Å². The SMILES string of the molecule is COc1ccc(-c2nnn(CC(=O)N(Cc3ccccc3Cl)C(C(=O)NC(C)(C)C)c3ccc(F)cc3)n2)cc1OC. The van der Waals surface area contributed by atoms with Crippen molar-refractivity contribution in [3.05, 3.63) is 88.7 Å². The van der Waals surface area contributed by atoms with Crippen LogP contribution in [0.2, 0.25) is 5.02 Å². The topological polar surface area (TPSA) is 111 Å². The summed E-state index contributed by atoms with van der Waals surface area (Å²) < 4.78 is 24.5. The highest BCUT2D eigenvalue weighted by molar-refractivity contribution is 6.31. The van der Waals surface area contributed by atoms with Gasteiger partial charge in [-0.25, -0.2) is 4.39 Å². The molecular formula is C30H32ClFN6O4. The smallest absolute Gasteiger partial charge is 0.247 e. The normalized spacial score (nSPS) is 12.0. The number of ether oxygens (including phenoxy) is 2. The molecule has 1 atom stereocenters. The predicted octanol–water partition coefficient (Wildman–Crippen LogP) is 4.83. The van der Waals surface area contributed by atoms with E-state index in [2.05, 4.69) is 20.7 Å². The molecule has 0 aliphatic heterocycles. The van der Waals surface area contributed by atoms with Crippen LogP contribution in [0.4, 0.5) is 4.39 Å². The van der Waals surface area contributed by atoms with Crippen LogP contribution >= 0.6 is 11.6 Å². The molecule has 1 unspecified atom stereocenters. The van der Waals surface area contributed by atoms with Crippen molar-refractivity contribution in [1.29, 1.82) is 0 Å². The lowest BCUT2D eigenvalue weighted by Crippen LogP contribution is -2.49. The number of carbonyl (C=O) groups excluding carboxylic acids is 2. The van der Waals surface area contributed by atoms with Crippen LogP contribution in [0.5, 0.6) is 11.5 Å². The number of nitrogens with zero attached hydrogens (tertiary/aromatic N) is 5. The first kappa shape index (κ1) is 30.4. The Kier molecular flexibility index (Phi) is 9.41. The van der Waals surface area contributed by atoms with Gasteiger partial charge >= 0.3 is 0 Å². The zero-order valence-corrected chi connectivity index (χ0v) is 24.7. The fraction of sp³-hybridized carbons (Fsp3) is 0.300. The summed E-state index contributed by atoms with van der Waals surface area (Å²) in [6.07, 6.45) is 0. The van der Waals surface area contributed by atoms with Crippen LogP contribution in [0, 0.1) is 5.82 Å². The number of hydrogen-bond donors (Lipinski definition) is 1. The molecule has 0 saturated carbocycles. The molecule has 0 aliphatic rings. The van der Waals surface area contributed by atoms with Crippen LogP contribution in [-0.2, 0) is 22.7 Å². The summed E-state index contributed by atoms with van der Waals surface area (Å²) in [4.78, 5) is 30.2. The third kappa shape index (κ3) is 7.41. The second kappa shape index (κ2) is 13.0. The predicted molar refractivity (Wildman–Crippen MR) is 155 cm³/mol. The van der Waals surface area contributed by atoms with Crippen molar-refractivity contribution in [1.82, 2.24) is 30.4 Å². The molecule has 220 valence electrons. The van der Waals surface area contributed by atoms with E-state index in [4.69, 9.17) is 21.1 Å². The number of amides is 2. The van der Waals surface area contributed by atoms with Crippen molar-refractivity contribution in [3.8, 4) is 22.9 Å². The zero-order chi connectivity index (χ0) is 30.4. The van der Waals surface area contributed by atoms with Gasteiger partial charge < -0.3 is 19.7 Å². The first-order chi connectivity index (χ1) is 20.0. The first-order valence-electron chi connectivity index (χ1n) is 13.1. The molecule has 0 aliphatic carbocycles. The number of methoxy groups -OCH3 is 2. The number of aromatic nitrogens is 4. The quantitative estimate of drug-likeness (QED) is 0.280. The minimum Gasteiger partial charge on any atom is -0.493 e. The van der Waals surface area contributed by atoms with Crippen molar-refractivity contribution < 1.29 is 23.5 Å². The molecule has 4 rings (SSSR count). The van der Waals surface area contributed by atoms with Crippen molar-refractivity contribution >= 4 is 23.4 Å². The van der Waals surface area contributed by atoms with E-state index in [-0.39, 0.29) is 18.9 Å². The number of halogens is 2. The van der Waals surface area contributed by atoms with Crippen LogP contribution in [-0.4, -0.2) is 56.7 Å². The van der Waals surface area contributed by atoms with Gasteiger partial charge in [0.05, 0.1) is 14.2 Å². The van der Waals surface area contributed by atoms with E-state index in [0.29, 0.717) is 33.2 Å². The standard InChI is InChI=1S/C30H32ClFN6O4/c1-30(2,3)33-29(40)27(19-10-13-22(32)14-11-19)37(17-21-8-6-7-9-23(21)31)26(39)18-38-35-28(34-36-38)20-12-15-24(41-4)25(16-20)42-5/h6-16,27H,17-18H2,1-5H3,(H,33,40). The number of carbonyl (C=O) groups is 2. The Morgan fingerprint density at radius 1 is 1.02 bits per heavy atom.